The molecule has 7 nitrogen and oxygen atoms in total. The molecule has 34 heavy (non-hydrogen) atoms. The van der Waals surface area contributed by atoms with Gasteiger partial charge in [-0.25, -0.2) is 4.52 Å². The molecule has 5 rings (SSSR count). The highest BCUT2D eigenvalue weighted by Crippen LogP contribution is 2.23. The molecule has 2 N–H and O–H groups in total. The van der Waals surface area contributed by atoms with Gasteiger partial charge in [-0.05, 0) is 60.7 Å². The van der Waals surface area contributed by atoms with Crippen LogP contribution >= 0.6 is 0 Å². The summed E-state index contributed by atoms with van der Waals surface area (Å²) in [6, 6.07) is 19.2. The van der Waals surface area contributed by atoms with Gasteiger partial charge in [-0.2, -0.15) is 10.4 Å². The molecule has 1 aliphatic carbocycles. The van der Waals surface area contributed by atoms with Gasteiger partial charge in [0.15, 0.2) is 0 Å². The Balaban J connectivity index is 1.38. The van der Waals surface area contributed by atoms with Gasteiger partial charge in [-0.3, -0.25) is 9.78 Å². The fourth-order valence-corrected chi connectivity index (χ4v) is 4.54. The average molecular weight is 452 g/mol. The summed E-state index contributed by atoms with van der Waals surface area (Å²) in [5.41, 5.74) is 5.64. The molecule has 1 amide bonds. The van der Waals surface area contributed by atoms with Gasteiger partial charge in [0.25, 0.3) is 5.91 Å². The number of benzene rings is 1. The van der Waals surface area contributed by atoms with E-state index in [1.165, 1.54) is 0 Å². The minimum absolute atomic E-state index is 0.229. The number of hydrogen-bond acceptors (Lipinski definition) is 5. The SMILES string of the molecule is N#Cc1ccnc(-c2ccc(Cc3cc(C(=O)N[C@H]4CCCC[C@@H]4O)nn4cccc34)cc2)c1. The lowest BCUT2D eigenvalue weighted by Crippen LogP contribution is -2.45. The Morgan fingerprint density at radius 1 is 1.15 bits per heavy atom. The average Bonchev–Trinajstić information content (AvgIpc) is 3.35. The predicted molar refractivity (Wildman–Crippen MR) is 128 cm³/mol. The van der Waals surface area contributed by atoms with Crippen molar-refractivity contribution < 1.29 is 9.90 Å². The van der Waals surface area contributed by atoms with E-state index in [4.69, 9.17) is 5.26 Å². The van der Waals surface area contributed by atoms with Gasteiger partial charge >= 0.3 is 0 Å². The standard InChI is InChI=1S/C27H25N5O2/c28-17-19-11-12-29-23(15-19)20-9-7-18(8-10-20)14-21-16-24(31-32-13-3-5-25(21)32)27(34)30-22-4-1-2-6-26(22)33/h3,5,7-13,15-16,22,26,33H,1-2,4,6,14H2,(H,30,34)/t22-,26-/m0/s1. The lowest BCUT2D eigenvalue weighted by Gasteiger charge is -2.28. The molecule has 1 saturated carbocycles. The molecule has 0 bridgehead atoms. The summed E-state index contributed by atoms with van der Waals surface area (Å²) in [5.74, 6) is -0.262. The Morgan fingerprint density at radius 3 is 2.76 bits per heavy atom. The van der Waals surface area contributed by atoms with Crippen LogP contribution in [0.5, 0.6) is 0 Å². The Labute approximate surface area is 197 Å². The van der Waals surface area contributed by atoms with Crippen LogP contribution in [0.15, 0.2) is 67.0 Å². The first-order chi connectivity index (χ1) is 16.6. The minimum Gasteiger partial charge on any atom is -0.391 e. The van der Waals surface area contributed by atoms with Crippen LogP contribution in [0.4, 0.5) is 0 Å². The van der Waals surface area contributed by atoms with E-state index in [0.717, 1.165) is 47.2 Å². The minimum atomic E-state index is -0.505. The zero-order chi connectivity index (χ0) is 23.5. The molecule has 0 radical (unpaired) electrons. The summed E-state index contributed by atoms with van der Waals surface area (Å²) in [4.78, 5) is 17.3. The highest BCUT2D eigenvalue weighted by Gasteiger charge is 2.25. The van der Waals surface area contributed by atoms with Crippen LogP contribution in [0.3, 0.4) is 0 Å². The fourth-order valence-electron chi connectivity index (χ4n) is 4.54. The number of aliphatic hydroxyl groups excluding tert-OH is 1. The third kappa shape index (κ3) is 4.54. The first kappa shape index (κ1) is 21.8. The molecule has 0 spiro atoms. The quantitative estimate of drug-likeness (QED) is 0.479. The third-order valence-corrected chi connectivity index (χ3v) is 6.40. The van der Waals surface area contributed by atoms with E-state index >= 15 is 0 Å². The molecular formula is C27H25N5O2. The molecule has 0 saturated heterocycles. The largest absolute Gasteiger partial charge is 0.391 e. The number of nitrogens with zero attached hydrogens (tertiary/aromatic N) is 4. The van der Waals surface area contributed by atoms with Gasteiger partial charge in [-0.1, -0.05) is 37.1 Å². The molecule has 1 aromatic carbocycles. The van der Waals surface area contributed by atoms with Gasteiger partial charge in [0.2, 0.25) is 0 Å². The lowest BCUT2D eigenvalue weighted by molar-refractivity contribution is 0.0713. The molecule has 1 aliphatic rings. The maximum atomic E-state index is 13.0. The summed E-state index contributed by atoms with van der Waals surface area (Å²) in [5, 5.41) is 26.8. The van der Waals surface area contributed by atoms with Crippen molar-refractivity contribution in [3.05, 3.63) is 89.4 Å². The highest BCUT2D eigenvalue weighted by molar-refractivity contribution is 5.93. The van der Waals surface area contributed by atoms with Crippen LogP contribution < -0.4 is 5.32 Å². The molecule has 170 valence electrons. The number of pyridine rings is 1. The Morgan fingerprint density at radius 2 is 1.97 bits per heavy atom. The van der Waals surface area contributed by atoms with Gasteiger partial charge in [0, 0.05) is 18.0 Å². The normalized spacial score (nSPS) is 17.9. The summed E-state index contributed by atoms with van der Waals surface area (Å²) in [6.45, 7) is 0. The molecule has 7 heteroatoms. The van der Waals surface area contributed by atoms with Crippen LogP contribution in [0.25, 0.3) is 16.8 Å². The second kappa shape index (κ2) is 9.46. The number of carbonyl (C=O) groups excluding carboxylic acids is 1. The van der Waals surface area contributed by atoms with Crippen molar-refractivity contribution in [1.82, 2.24) is 19.9 Å². The number of nitrogens with one attached hydrogen (secondary N) is 1. The van der Waals surface area contributed by atoms with Crippen LogP contribution in [-0.4, -0.2) is 37.8 Å². The van der Waals surface area contributed by atoms with Crippen LogP contribution in [-0.2, 0) is 6.42 Å². The van der Waals surface area contributed by atoms with Crippen molar-refractivity contribution in [1.29, 1.82) is 5.26 Å². The summed E-state index contributed by atoms with van der Waals surface area (Å²) in [6.07, 6.45) is 7.09. The Kier molecular flexibility index (Phi) is 6.07. The fraction of sp³-hybridized carbons (Fsp3) is 0.259. The first-order valence-corrected chi connectivity index (χ1v) is 11.5. The maximum absolute atomic E-state index is 13.0. The molecule has 4 aromatic rings. The van der Waals surface area contributed by atoms with Crippen LogP contribution in [0.1, 0.15) is 52.9 Å². The van der Waals surface area contributed by atoms with Gasteiger partial charge in [-0.15, -0.1) is 0 Å². The number of rotatable bonds is 5. The number of aromatic nitrogens is 3. The van der Waals surface area contributed by atoms with Crippen molar-refractivity contribution in [2.75, 3.05) is 0 Å². The lowest BCUT2D eigenvalue weighted by atomic mass is 9.92. The van der Waals surface area contributed by atoms with E-state index in [1.54, 1.807) is 22.8 Å². The second-order valence-electron chi connectivity index (χ2n) is 8.74. The summed E-state index contributed by atoms with van der Waals surface area (Å²) < 4.78 is 1.73. The zero-order valence-corrected chi connectivity index (χ0v) is 18.7. The molecule has 0 unspecified atom stereocenters. The monoisotopic (exact) mass is 451 g/mol. The first-order valence-electron chi connectivity index (χ1n) is 11.5. The topological polar surface area (TPSA) is 103 Å². The zero-order valence-electron chi connectivity index (χ0n) is 18.7. The van der Waals surface area contributed by atoms with E-state index in [0.29, 0.717) is 24.1 Å². The predicted octanol–water partition coefficient (Wildman–Crippen LogP) is 3.89. The molecular weight excluding hydrogens is 426 g/mol. The second-order valence-corrected chi connectivity index (χ2v) is 8.74. The molecule has 2 atom stereocenters. The number of carbonyl (C=O) groups is 1. The van der Waals surface area contributed by atoms with Gasteiger partial charge in [0.1, 0.15) is 5.69 Å². The Bertz CT molecular complexity index is 1370. The molecule has 3 aromatic heterocycles. The van der Waals surface area contributed by atoms with Crippen molar-refractivity contribution in [3.63, 3.8) is 0 Å². The smallest absolute Gasteiger partial charge is 0.272 e. The molecule has 1 fully saturated rings. The van der Waals surface area contributed by atoms with E-state index in [9.17, 15) is 9.90 Å². The number of amides is 1. The van der Waals surface area contributed by atoms with Crippen LogP contribution in [0, 0.1) is 11.3 Å². The van der Waals surface area contributed by atoms with E-state index in [2.05, 4.69) is 21.5 Å². The summed E-state index contributed by atoms with van der Waals surface area (Å²) >= 11 is 0. The van der Waals surface area contributed by atoms with E-state index in [-0.39, 0.29) is 11.9 Å². The van der Waals surface area contributed by atoms with Crippen molar-refractivity contribution in [3.8, 4) is 17.3 Å². The maximum Gasteiger partial charge on any atom is 0.272 e. The van der Waals surface area contributed by atoms with E-state index < -0.39 is 6.10 Å². The van der Waals surface area contributed by atoms with Crippen molar-refractivity contribution in [2.45, 2.75) is 44.2 Å². The Hall–Kier alpha value is -4.02. The number of hydrogen-bond donors (Lipinski definition) is 2. The van der Waals surface area contributed by atoms with Gasteiger partial charge in [0.05, 0.1) is 35.0 Å². The van der Waals surface area contributed by atoms with Gasteiger partial charge < -0.3 is 10.4 Å². The number of fused-ring (bicyclic) bond motifs is 1. The highest BCUT2D eigenvalue weighted by atomic mass is 16.3. The van der Waals surface area contributed by atoms with E-state index in [1.807, 2.05) is 48.7 Å². The molecule has 0 aliphatic heterocycles. The number of aliphatic hydroxyl groups is 1. The summed E-state index contributed by atoms with van der Waals surface area (Å²) in [7, 11) is 0. The molecule has 3 heterocycles. The van der Waals surface area contributed by atoms with Crippen molar-refractivity contribution >= 4 is 11.4 Å². The number of nitriles is 1. The van der Waals surface area contributed by atoms with Crippen molar-refractivity contribution in [2.24, 2.45) is 0 Å². The third-order valence-electron chi connectivity index (χ3n) is 6.40. The van der Waals surface area contributed by atoms with Crippen LogP contribution in [0.2, 0.25) is 0 Å².